The van der Waals surface area contributed by atoms with E-state index in [4.69, 9.17) is 10.5 Å². The van der Waals surface area contributed by atoms with Crippen LogP contribution in [0.5, 0.6) is 0 Å². The molecule has 0 radical (unpaired) electrons. The van der Waals surface area contributed by atoms with E-state index in [1.165, 1.54) is 16.2 Å². The van der Waals surface area contributed by atoms with E-state index < -0.39 is 22.8 Å². The number of nitrogens with two attached hydrogens (primary N) is 1. The van der Waals surface area contributed by atoms with Crippen molar-refractivity contribution in [3.8, 4) is 0 Å². The predicted molar refractivity (Wildman–Crippen MR) is 176 cm³/mol. The molecule has 46 heavy (non-hydrogen) atoms. The van der Waals surface area contributed by atoms with Crippen molar-refractivity contribution < 1.29 is 28.7 Å². The second-order valence-corrected chi connectivity index (χ2v) is 13.9. The van der Waals surface area contributed by atoms with Gasteiger partial charge in [0.05, 0.1) is 34.3 Å². The van der Waals surface area contributed by atoms with Gasteiger partial charge in [0, 0.05) is 12.1 Å². The molecule has 2 heterocycles. The first-order chi connectivity index (χ1) is 21.3. The molecule has 0 unspecified atom stereocenters. The Morgan fingerprint density at radius 3 is 1.46 bits per heavy atom. The molecule has 248 valence electrons. The summed E-state index contributed by atoms with van der Waals surface area (Å²) in [6.07, 6.45) is 9.05. The molecule has 2 aromatic carbocycles. The quantitative estimate of drug-likeness (QED) is 0.385. The molecule has 0 bridgehead atoms. The predicted octanol–water partition coefficient (Wildman–Crippen LogP) is 5.88. The van der Waals surface area contributed by atoms with Gasteiger partial charge in [-0.1, -0.05) is 62.8 Å². The third kappa shape index (κ3) is 7.61. The van der Waals surface area contributed by atoms with Gasteiger partial charge in [-0.3, -0.25) is 29.0 Å². The lowest BCUT2D eigenvalue weighted by Gasteiger charge is -2.40. The van der Waals surface area contributed by atoms with Gasteiger partial charge in [0.25, 0.3) is 23.6 Å². The lowest BCUT2D eigenvalue weighted by Crippen LogP contribution is -2.58. The van der Waals surface area contributed by atoms with Gasteiger partial charge in [0.1, 0.15) is 5.60 Å². The van der Waals surface area contributed by atoms with Crippen LogP contribution in [0.25, 0.3) is 0 Å². The van der Waals surface area contributed by atoms with Crippen molar-refractivity contribution in [3.63, 3.8) is 0 Å². The second-order valence-electron chi connectivity index (χ2n) is 13.9. The molecule has 4 aliphatic rings. The van der Waals surface area contributed by atoms with Crippen molar-refractivity contribution in [2.24, 2.45) is 5.73 Å². The Hall–Kier alpha value is -3.76. The third-order valence-electron chi connectivity index (χ3n) is 9.12. The number of benzene rings is 2. The van der Waals surface area contributed by atoms with Crippen LogP contribution in [0, 0.1) is 0 Å². The van der Waals surface area contributed by atoms with Gasteiger partial charge in [-0.05, 0) is 70.7 Å². The zero-order valence-electron chi connectivity index (χ0n) is 26.9. The van der Waals surface area contributed by atoms with Crippen LogP contribution in [0.1, 0.15) is 126 Å². The first kappa shape index (κ1) is 35.1. The van der Waals surface area contributed by atoms with E-state index in [9.17, 15) is 24.0 Å². The normalized spacial score (nSPS) is 19.8. The molecule has 10 nitrogen and oxygen atoms in total. The van der Waals surface area contributed by atoms with Gasteiger partial charge in [0.15, 0.2) is 0 Å². The molecule has 2 aliphatic carbocycles. The Kier molecular flexibility index (Phi) is 10.6. The topological polar surface area (TPSA) is 139 Å². The third-order valence-corrected chi connectivity index (χ3v) is 9.12. The number of nitrogens with one attached hydrogen (secondary N) is 1. The number of hydrogen-bond acceptors (Lipinski definition) is 7. The van der Waals surface area contributed by atoms with Crippen molar-refractivity contribution >= 4 is 42.1 Å². The molecule has 6 rings (SSSR count). The summed E-state index contributed by atoms with van der Waals surface area (Å²) >= 11 is 0. The number of imide groups is 2. The Morgan fingerprint density at radius 2 is 1.07 bits per heavy atom. The summed E-state index contributed by atoms with van der Waals surface area (Å²) < 4.78 is 5.41. The SMILES string of the molecule is CC(C)(C)OC(=O)NC1(CN2C(=O)c3ccccc3C2=O)CCCCC1.Cl.NC1(CN2C(=O)c3ccccc3C2=O)CCCCC1. The number of nitrogens with zero attached hydrogens (tertiary/aromatic N) is 2. The molecule has 0 aromatic heterocycles. The number of hydrogen-bond donors (Lipinski definition) is 2. The lowest BCUT2D eigenvalue weighted by molar-refractivity contribution is 0.0349. The molecule has 2 aromatic rings. The maximum Gasteiger partial charge on any atom is 0.408 e. The number of ether oxygens (including phenoxy) is 1. The highest BCUT2D eigenvalue weighted by Crippen LogP contribution is 2.33. The van der Waals surface area contributed by atoms with Crippen molar-refractivity contribution in [2.45, 2.75) is 102 Å². The van der Waals surface area contributed by atoms with Crippen LogP contribution in [-0.2, 0) is 4.74 Å². The van der Waals surface area contributed by atoms with Gasteiger partial charge in [-0.2, -0.15) is 0 Å². The van der Waals surface area contributed by atoms with E-state index in [1.807, 2.05) is 20.8 Å². The Morgan fingerprint density at radius 1 is 0.696 bits per heavy atom. The standard InChI is InChI=1S/C20H26N2O4.C15H18N2O2.ClH/c1-19(2,3)26-18(25)21-20(11-7-4-8-12-20)13-22-16(23)14-9-5-6-10-15(14)17(22)24;16-15(8-4-1-5-9-15)10-17-13(18)11-6-2-3-7-12(11)14(17)19;/h5-6,9-10H,4,7-8,11-13H2,1-3H3,(H,21,25);2-3,6-7H,1,4-5,8-10,16H2;1H. The second kappa shape index (κ2) is 13.9. The van der Waals surface area contributed by atoms with E-state index in [2.05, 4.69) is 5.32 Å². The summed E-state index contributed by atoms with van der Waals surface area (Å²) in [6, 6.07) is 13.8. The van der Waals surface area contributed by atoms with Crippen LogP contribution < -0.4 is 11.1 Å². The Labute approximate surface area is 276 Å². The monoisotopic (exact) mass is 652 g/mol. The minimum absolute atomic E-state index is 0. The highest BCUT2D eigenvalue weighted by molar-refractivity contribution is 6.22. The molecule has 11 heteroatoms. The fourth-order valence-electron chi connectivity index (χ4n) is 6.87. The molecule has 0 spiro atoms. The number of alkyl carbamates (subject to hydrolysis) is 1. The number of carbonyl (C=O) groups is 5. The number of fused-ring (bicyclic) bond motifs is 2. The van der Waals surface area contributed by atoms with Crippen LogP contribution in [0.15, 0.2) is 48.5 Å². The minimum atomic E-state index is -0.631. The minimum Gasteiger partial charge on any atom is -0.444 e. The largest absolute Gasteiger partial charge is 0.444 e. The number of amides is 5. The van der Waals surface area contributed by atoms with Gasteiger partial charge in [-0.15, -0.1) is 12.4 Å². The van der Waals surface area contributed by atoms with Crippen molar-refractivity contribution in [1.29, 1.82) is 0 Å². The maximum atomic E-state index is 12.7. The highest BCUT2D eigenvalue weighted by atomic mass is 35.5. The fraction of sp³-hybridized carbons (Fsp3) is 0.514. The van der Waals surface area contributed by atoms with Crippen LogP contribution in [0.4, 0.5) is 4.79 Å². The van der Waals surface area contributed by atoms with Crippen molar-refractivity contribution in [2.75, 3.05) is 13.1 Å². The molecule has 2 saturated carbocycles. The smallest absolute Gasteiger partial charge is 0.408 e. The molecular weight excluding hydrogens is 608 g/mol. The molecule has 2 aliphatic heterocycles. The van der Waals surface area contributed by atoms with Crippen LogP contribution in [-0.4, -0.2) is 69.3 Å². The van der Waals surface area contributed by atoms with Crippen LogP contribution in [0.3, 0.4) is 0 Å². The lowest BCUT2D eigenvalue weighted by atomic mass is 9.81. The van der Waals surface area contributed by atoms with E-state index in [1.54, 1.807) is 48.5 Å². The Bertz CT molecular complexity index is 1420. The average molecular weight is 653 g/mol. The van der Waals surface area contributed by atoms with Gasteiger partial charge >= 0.3 is 6.09 Å². The van der Waals surface area contributed by atoms with Crippen LogP contribution >= 0.6 is 12.4 Å². The summed E-state index contributed by atoms with van der Waals surface area (Å²) in [6.45, 7) is 5.96. The summed E-state index contributed by atoms with van der Waals surface area (Å²) in [7, 11) is 0. The average Bonchev–Trinajstić information content (AvgIpc) is 3.37. The molecule has 0 saturated heterocycles. The number of rotatable bonds is 5. The summed E-state index contributed by atoms with van der Waals surface area (Å²) in [5.74, 6) is -0.977. The first-order valence-electron chi connectivity index (χ1n) is 16.0. The van der Waals surface area contributed by atoms with E-state index in [0.29, 0.717) is 28.8 Å². The maximum absolute atomic E-state index is 12.7. The highest BCUT2D eigenvalue weighted by Gasteiger charge is 2.44. The molecule has 0 atom stereocenters. The molecule has 5 amide bonds. The van der Waals surface area contributed by atoms with Crippen molar-refractivity contribution in [1.82, 2.24) is 15.1 Å². The number of carbonyl (C=O) groups excluding carboxylic acids is 5. The summed E-state index contributed by atoms with van der Waals surface area (Å²) in [5, 5.41) is 2.98. The number of halogens is 1. The van der Waals surface area contributed by atoms with E-state index >= 15 is 0 Å². The zero-order chi connectivity index (χ0) is 32.4. The Balaban J connectivity index is 0.000000213. The van der Waals surface area contributed by atoms with Gasteiger partial charge < -0.3 is 15.8 Å². The van der Waals surface area contributed by atoms with E-state index in [0.717, 1.165) is 57.8 Å². The molecule has 3 N–H and O–H groups in total. The van der Waals surface area contributed by atoms with E-state index in [-0.39, 0.29) is 42.6 Å². The fourth-order valence-corrected chi connectivity index (χ4v) is 6.87. The summed E-state index contributed by atoms with van der Waals surface area (Å²) in [5.41, 5.74) is 6.60. The molecule has 2 fully saturated rings. The van der Waals surface area contributed by atoms with Crippen LogP contribution in [0.2, 0.25) is 0 Å². The zero-order valence-corrected chi connectivity index (χ0v) is 27.8. The first-order valence-corrected chi connectivity index (χ1v) is 16.0. The van der Waals surface area contributed by atoms with Gasteiger partial charge in [-0.25, -0.2) is 4.79 Å². The summed E-state index contributed by atoms with van der Waals surface area (Å²) in [4.78, 5) is 64.9. The van der Waals surface area contributed by atoms with Gasteiger partial charge in [0.2, 0.25) is 0 Å². The molecular formula is C35H45ClN4O6. The van der Waals surface area contributed by atoms with Crippen molar-refractivity contribution in [3.05, 3.63) is 70.8 Å².